The topological polar surface area (TPSA) is 55.4 Å². The Balaban J connectivity index is 2.39. The SMILES string of the molecule is COc1ccccc1[C@@H](C)NS(=O)(=O)c1c(C)cc(C)cc1C. The molecule has 0 aliphatic carbocycles. The first kappa shape index (κ1) is 17.5. The molecule has 2 aromatic rings. The van der Waals surface area contributed by atoms with Crippen LogP contribution >= 0.6 is 0 Å². The first-order valence-corrected chi connectivity index (χ1v) is 8.97. The zero-order valence-corrected chi connectivity index (χ0v) is 15.0. The van der Waals surface area contributed by atoms with Gasteiger partial charge in [-0.1, -0.05) is 35.9 Å². The second-order valence-corrected chi connectivity index (χ2v) is 7.46. The molecule has 0 aliphatic heterocycles. The molecule has 0 unspecified atom stereocenters. The summed E-state index contributed by atoms with van der Waals surface area (Å²) in [6.07, 6.45) is 0. The highest BCUT2D eigenvalue weighted by Gasteiger charge is 2.23. The molecule has 124 valence electrons. The Kier molecular flexibility index (Phi) is 5.12. The van der Waals surface area contributed by atoms with Crippen LogP contribution in [0.15, 0.2) is 41.3 Å². The molecule has 2 rings (SSSR count). The van der Waals surface area contributed by atoms with E-state index in [-0.39, 0.29) is 0 Å². The Morgan fingerprint density at radius 1 is 1.04 bits per heavy atom. The maximum Gasteiger partial charge on any atom is 0.241 e. The molecular formula is C18H23NO3S. The van der Waals surface area contributed by atoms with Gasteiger partial charge in [0.2, 0.25) is 10.0 Å². The summed E-state index contributed by atoms with van der Waals surface area (Å²) in [7, 11) is -2.04. The first-order valence-electron chi connectivity index (χ1n) is 7.49. The van der Waals surface area contributed by atoms with Gasteiger partial charge in [-0.05, 0) is 44.9 Å². The van der Waals surface area contributed by atoms with Crippen LogP contribution in [-0.4, -0.2) is 15.5 Å². The van der Waals surface area contributed by atoms with Gasteiger partial charge in [0.25, 0.3) is 0 Å². The standard InChI is InChI=1S/C18H23NO3S/c1-12-10-13(2)18(14(3)11-12)23(20,21)19-15(4)16-8-6-7-9-17(16)22-5/h6-11,15,19H,1-5H3/t15-/m1/s1. The van der Waals surface area contributed by atoms with Gasteiger partial charge in [-0.25, -0.2) is 13.1 Å². The Hall–Kier alpha value is -1.85. The van der Waals surface area contributed by atoms with Crippen molar-refractivity contribution in [2.75, 3.05) is 7.11 Å². The van der Waals surface area contributed by atoms with E-state index in [1.54, 1.807) is 7.11 Å². The third kappa shape index (κ3) is 3.74. The van der Waals surface area contributed by atoms with Crippen LogP contribution in [0.4, 0.5) is 0 Å². The summed E-state index contributed by atoms with van der Waals surface area (Å²) in [6.45, 7) is 7.42. The summed E-state index contributed by atoms with van der Waals surface area (Å²) < 4.78 is 33.7. The van der Waals surface area contributed by atoms with Gasteiger partial charge in [-0.15, -0.1) is 0 Å². The van der Waals surface area contributed by atoms with Crippen LogP contribution in [-0.2, 0) is 10.0 Å². The van der Waals surface area contributed by atoms with E-state index in [2.05, 4.69) is 4.72 Å². The van der Waals surface area contributed by atoms with Crippen LogP contribution in [0, 0.1) is 20.8 Å². The van der Waals surface area contributed by atoms with Crippen LogP contribution in [0.2, 0.25) is 0 Å². The van der Waals surface area contributed by atoms with E-state index in [0.717, 1.165) is 22.3 Å². The summed E-state index contributed by atoms with van der Waals surface area (Å²) in [5, 5.41) is 0. The quantitative estimate of drug-likeness (QED) is 0.908. The Morgan fingerprint density at radius 3 is 2.17 bits per heavy atom. The molecule has 0 saturated heterocycles. The number of hydrogen-bond acceptors (Lipinski definition) is 3. The summed E-state index contributed by atoms with van der Waals surface area (Å²) in [4.78, 5) is 0.352. The van der Waals surface area contributed by atoms with Crippen molar-refractivity contribution >= 4 is 10.0 Å². The molecule has 1 atom stereocenters. The predicted octanol–water partition coefficient (Wildman–Crippen LogP) is 3.66. The van der Waals surface area contributed by atoms with Crippen molar-refractivity contribution in [1.82, 2.24) is 4.72 Å². The Bertz CT molecular complexity index is 790. The molecule has 5 heteroatoms. The summed E-state index contributed by atoms with van der Waals surface area (Å²) in [5.41, 5.74) is 3.36. The number of methoxy groups -OCH3 is 1. The lowest BCUT2D eigenvalue weighted by Gasteiger charge is -2.19. The fourth-order valence-electron chi connectivity index (χ4n) is 2.97. The smallest absolute Gasteiger partial charge is 0.241 e. The lowest BCUT2D eigenvalue weighted by atomic mass is 10.1. The van der Waals surface area contributed by atoms with E-state index in [1.807, 2.05) is 64.1 Å². The van der Waals surface area contributed by atoms with Gasteiger partial charge < -0.3 is 4.74 Å². The molecule has 1 N–H and O–H groups in total. The van der Waals surface area contributed by atoms with E-state index in [1.165, 1.54) is 0 Å². The number of benzene rings is 2. The molecule has 4 nitrogen and oxygen atoms in total. The molecule has 23 heavy (non-hydrogen) atoms. The monoisotopic (exact) mass is 333 g/mol. The number of sulfonamides is 1. The maximum absolute atomic E-state index is 12.8. The maximum atomic E-state index is 12.8. The van der Waals surface area contributed by atoms with Crippen LogP contribution in [0.3, 0.4) is 0 Å². The Labute approximate surface area is 138 Å². The highest BCUT2D eigenvalue weighted by molar-refractivity contribution is 7.89. The van der Waals surface area contributed by atoms with Gasteiger partial charge in [0.05, 0.1) is 12.0 Å². The third-order valence-corrected chi connectivity index (χ3v) is 5.66. The van der Waals surface area contributed by atoms with Gasteiger partial charge >= 0.3 is 0 Å². The zero-order chi connectivity index (χ0) is 17.2. The molecule has 0 spiro atoms. The molecule has 0 bridgehead atoms. The number of nitrogens with one attached hydrogen (secondary N) is 1. The summed E-state index contributed by atoms with van der Waals surface area (Å²) in [5.74, 6) is 0.667. The van der Waals surface area contributed by atoms with E-state index < -0.39 is 16.1 Å². The van der Waals surface area contributed by atoms with Gasteiger partial charge in [0.15, 0.2) is 0 Å². The van der Waals surface area contributed by atoms with Crippen LogP contribution < -0.4 is 9.46 Å². The van der Waals surface area contributed by atoms with E-state index >= 15 is 0 Å². The summed E-state index contributed by atoms with van der Waals surface area (Å²) >= 11 is 0. The van der Waals surface area contributed by atoms with Crippen LogP contribution in [0.25, 0.3) is 0 Å². The first-order chi connectivity index (χ1) is 10.8. The highest BCUT2D eigenvalue weighted by atomic mass is 32.2. The highest BCUT2D eigenvalue weighted by Crippen LogP contribution is 2.28. The molecule has 0 amide bonds. The van der Waals surface area contributed by atoms with Crippen molar-refractivity contribution in [2.45, 2.75) is 38.6 Å². The second-order valence-electron chi connectivity index (χ2n) is 5.81. The molecule has 2 aromatic carbocycles. The van der Waals surface area contributed by atoms with Gasteiger partial charge in [-0.3, -0.25) is 0 Å². The third-order valence-electron chi connectivity index (χ3n) is 3.81. The molecule has 0 radical (unpaired) electrons. The fourth-order valence-corrected chi connectivity index (χ4v) is 4.65. The minimum Gasteiger partial charge on any atom is -0.496 e. The van der Waals surface area contributed by atoms with Crippen molar-refractivity contribution in [1.29, 1.82) is 0 Å². The van der Waals surface area contributed by atoms with Gasteiger partial charge in [0, 0.05) is 11.6 Å². The number of ether oxygens (including phenoxy) is 1. The summed E-state index contributed by atoms with van der Waals surface area (Å²) in [6, 6.07) is 10.8. The van der Waals surface area contributed by atoms with E-state index in [4.69, 9.17) is 4.74 Å². The van der Waals surface area contributed by atoms with Gasteiger partial charge in [-0.2, -0.15) is 0 Å². The van der Waals surface area contributed by atoms with Crippen molar-refractivity contribution in [3.63, 3.8) is 0 Å². The fraction of sp³-hybridized carbons (Fsp3) is 0.333. The average Bonchev–Trinajstić information content (AvgIpc) is 2.45. The zero-order valence-electron chi connectivity index (χ0n) is 14.2. The lowest BCUT2D eigenvalue weighted by molar-refractivity contribution is 0.405. The average molecular weight is 333 g/mol. The van der Waals surface area contributed by atoms with Crippen molar-refractivity contribution in [3.8, 4) is 5.75 Å². The lowest BCUT2D eigenvalue weighted by Crippen LogP contribution is -2.28. The predicted molar refractivity (Wildman–Crippen MR) is 92.4 cm³/mol. The molecule has 0 fully saturated rings. The normalized spacial score (nSPS) is 12.9. The van der Waals surface area contributed by atoms with Crippen molar-refractivity contribution < 1.29 is 13.2 Å². The van der Waals surface area contributed by atoms with Crippen LogP contribution in [0.1, 0.15) is 35.2 Å². The van der Waals surface area contributed by atoms with E-state index in [9.17, 15) is 8.42 Å². The molecule has 0 heterocycles. The number of para-hydroxylation sites is 1. The minimum absolute atomic E-state index is 0.352. The number of hydrogen-bond donors (Lipinski definition) is 1. The molecule has 0 aromatic heterocycles. The number of rotatable bonds is 5. The number of aryl methyl sites for hydroxylation is 3. The molecular weight excluding hydrogens is 310 g/mol. The van der Waals surface area contributed by atoms with Crippen molar-refractivity contribution in [3.05, 3.63) is 58.7 Å². The van der Waals surface area contributed by atoms with Crippen molar-refractivity contribution in [2.24, 2.45) is 0 Å². The molecule has 0 saturated carbocycles. The van der Waals surface area contributed by atoms with Crippen LogP contribution in [0.5, 0.6) is 5.75 Å². The van der Waals surface area contributed by atoms with E-state index in [0.29, 0.717) is 10.6 Å². The molecule has 0 aliphatic rings. The Morgan fingerprint density at radius 2 is 1.61 bits per heavy atom. The largest absolute Gasteiger partial charge is 0.496 e. The second kappa shape index (κ2) is 6.72. The van der Waals surface area contributed by atoms with Gasteiger partial charge in [0.1, 0.15) is 5.75 Å². The minimum atomic E-state index is -3.62.